The smallest absolute Gasteiger partial charge is 0.338 e. The van der Waals surface area contributed by atoms with Gasteiger partial charge in [-0.05, 0) is 17.7 Å². The van der Waals surface area contributed by atoms with Crippen LogP contribution in [0.1, 0.15) is 10.4 Å². The zero-order valence-electron chi connectivity index (χ0n) is 8.79. The predicted octanol–water partition coefficient (Wildman–Crippen LogP) is 2.88. The molecule has 0 aliphatic heterocycles. The summed E-state index contributed by atoms with van der Waals surface area (Å²) in [6.45, 7) is 0.399. The van der Waals surface area contributed by atoms with Crippen LogP contribution in [0.5, 0.6) is 0 Å². The van der Waals surface area contributed by atoms with Crippen molar-refractivity contribution in [2.24, 2.45) is 5.11 Å². The first-order valence-corrected chi connectivity index (χ1v) is 5.59. The van der Waals surface area contributed by atoms with E-state index in [1.807, 2.05) is 12.1 Å². The summed E-state index contributed by atoms with van der Waals surface area (Å²) in [7, 11) is 1.35. The minimum atomic E-state index is -0.355. The first-order chi connectivity index (χ1) is 7.79. The van der Waals surface area contributed by atoms with Gasteiger partial charge in [-0.1, -0.05) is 17.2 Å². The second-order valence-corrected chi connectivity index (χ2v) is 3.93. The van der Waals surface area contributed by atoms with Crippen LogP contribution >= 0.6 is 11.8 Å². The van der Waals surface area contributed by atoms with Crippen molar-refractivity contribution in [2.45, 2.75) is 4.90 Å². The molecule has 1 aromatic rings. The van der Waals surface area contributed by atoms with Crippen LogP contribution in [0.25, 0.3) is 10.4 Å². The SMILES string of the molecule is COC(=O)c1ccccc1SCCN=[N+]=[N-]. The molecule has 84 valence electrons. The first kappa shape index (κ1) is 12.4. The molecule has 0 bridgehead atoms. The van der Waals surface area contributed by atoms with Crippen molar-refractivity contribution in [3.63, 3.8) is 0 Å². The van der Waals surface area contributed by atoms with Gasteiger partial charge in [-0.15, -0.1) is 11.8 Å². The highest BCUT2D eigenvalue weighted by atomic mass is 32.2. The Bertz CT molecular complexity index is 416. The number of hydrogen-bond donors (Lipinski definition) is 0. The quantitative estimate of drug-likeness (QED) is 0.197. The van der Waals surface area contributed by atoms with E-state index in [4.69, 9.17) is 5.53 Å². The number of azide groups is 1. The Morgan fingerprint density at radius 1 is 1.56 bits per heavy atom. The van der Waals surface area contributed by atoms with Gasteiger partial charge >= 0.3 is 5.97 Å². The minimum absolute atomic E-state index is 0.355. The van der Waals surface area contributed by atoms with Crippen molar-refractivity contribution >= 4 is 17.7 Å². The highest BCUT2D eigenvalue weighted by molar-refractivity contribution is 7.99. The fourth-order valence-electron chi connectivity index (χ4n) is 1.11. The van der Waals surface area contributed by atoms with Gasteiger partial charge in [-0.25, -0.2) is 4.79 Å². The summed E-state index contributed by atoms with van der Waals surface area (Å²) >= 11 is 1.46. The van der Waals surface area contributed by atoms with Gasteiger partial charge < -0.3 is 4.74 Å². The topological polar surface area (TPSA) is 75.1 Å². The van der Waals surface area contributed by atoms with Crippen molar-refractivity contribution in [1.82, 2.24) is 0 Å². The molecular formula is C10H11N3O2S. The summed E-state index contributed by atoms with van der Waals surface area (Å²) < 4.78 is 4.67. The van der Waals surface area contributed by atoms with Crippen LogP contribution in [-0.4, -0.2) is 25.4 Å². The van der Waals surface area contributed by atoms with Gasteiger partial charge in [-0.2, -0.15) is 0 Å². The molecule has 0 saturated carbocycles. The summed E-state index contributed by atoms with van der Waals surface area (Å²) in [5.74, 6) is 0.282. The lowest BCUT2D eigenvalue weighted by atomic mass is 10.2. The van der Waals surface area contributed by atoms with E-state index in [0.29, 0.717) is 17.9 Å². The Hall–Kier alpha value is -1.65. The fraction of sp³-hybridized carbons (Fsp3) is 0.300. The lowest BCUT2D eigenvalue weighted by molar-refractivity contribution is 0.0597. The van der Waals surface area contributed by atoms with E-state index in [-0.39, 0.29) is 5.97 Å². The molecule has 0 aromatic heterocycles. The van der Waals surface area contributed by atoms with Crippen molar-refractivity contribution < 1.29 is 9.53 Å². The maximum atomic E-state index is 11.4. The molecule has 0 atom stereocenters. The summed E-state index contributed by atoms with van der Waals surface area (Å²) in [5.41, 5.74) is 8.66. The monoisotopic (exact) mass is 237 g/mol. The number of carbonyl (C=O) groups is 1. The number of carbonyl (C=O) groups excluding carboxylic acids is 1. The molecule has 0 aliphatic carbocycles. The van der Waals surface area contributed by atoms with Gasteiger partial charge in [0.2, 0.25) is 0 Å². The van der Waals surface area contributed by atoms with Crippen LogP contribution in [0.4, 0.5) is 0 Å². The van der Waals surface area contributed by atoms with Crippen LogP contribution in [0.2, 0.25) is 0 Å². The zero-order valence-corrected chi connectivity index (χ0v) is 9.61. The van der Waals surface area contributed by atoms with E-state index in [1.54, 1.807) is 12.1 Å². The van der Waals surface area contributed by atoms with E-state index in [1.165, 1.54) is 18.9 Å². The molecular weight excluding hydrogens is 226 g/mol. The standard InChI is InChI=1S/C10H11N3O2S/c1-15-10(14)8-4-2-3-5-9(8)16-7-6-12-13-11/h2-5H,6-7H2,1H3. The van der Waals surface area contributed by atoms with E-state index in [0.717, 1.165) is 4.90 Å². The highest BCUT2D eigenvalue weighted by Gasteiger charge is 2.10. The van der Waals surface area contributed by atoms with Gasteiger partial charge in [-0.3, -0.25) is 0 Å². The van der Waals surface area contributed by atoms with E-state index in [2.05, 4.69) is 14.8 Å². The second kappa shape index (κ2) is 6.76. The van der Waals surface area contributed by atoms with Gasteiger partial charge in [0.1, 0.15) is 0 Å². The van der Waals surface area contributed by atoms with Gasteiger partial charge in [0, 0.05) is 22.1 Å². The summed E-state index contributed by atoms with van der Waals surface area (Å²) in [6, 6.07) is 7.18. The Morgan fingerprint density at radius 3 is 3.00 bits per heavy atom. The largest absolute Gasteiger partial charge is 0.465 e. The first-order valence-electron chi connectivity index (χ1n) is 4.60. The lowest BCUT2D eigenvalue weighted by Gasteiger charge is -2.05. The Balaban J connectivity index is 2.71. The Labute approximate surface area is 97.4 Å². The molecule has 0 spiro atoms. The van der Waals surface area contributed by atoms with Gasteiger partial charge in [0.05, 0.1) is 12.7 Å². The van der Waals surface area contributed by atoms with E-state index >= 15 is 0 Å². The van der Waals surface area contributed by atoms with Crippen molar-refractivity contribution in [2.75, 3.05) is 19.4 Å². The van der Waals surface area contributed by atoms with Crippen molar-refractivity contribution in [3.8, 4) is 0 Å². The lowest BCUT2D eigenvalue weighted by Crippen LogP contribution is -2.03. The maximum Gasteiger partial charge on any atom is 0.338 e. The third kappa shape index (κ3) is 3.49. The molecule has 0 radical (unpaired) electrons. The molecule has 6 heteroatoms. The van der Waals surface area contributed by atoms with E-state index in [9.17, 15) is 4.79 Å². The van der Waals surface area contributed by atoms with Crippen LogP contribution in [0.3, 0.4) is 0 Å². The summed E-state index contributed by atoms with van der Waals surface area (Å²) in [5, 5.41) is 3.43. The number of benzene rings is 1. The minimum Gasteiger partial charge on any atom is -0.465 e. The Kier molecular flexibility index (Phi) is 5.25. The van der Waals surface area contributed by atoms with Gasteiger partial charge in [0.25, 0.3) is 0 Å². The molecule has 16 heavy (non-hydrogen) atoms. The molecule has 0 amide bonds. The van der Waals surface area contributed by atoms with Crippen molar-refractivity contribution in [3.05, 3.63) is 40.3 Å². The number of hydrogen-bond acceptors (Lipinski definition) is 4. The average Bonchev–Trinajstić information content (AvgIpc) is 2.34. The molecule has 0 unspecified atom stereocenters. The average molecular weight is 237 g/mol. The number of esters is 1. The summed E-state index contributed by atoms with van der Waals surface area (Å²) in [6.07, 6.45) is 0. The van der Waals surface area contributed by atoms with Crippen LogP contribution in [0.15, 0.2) is 34.3 Å². The summed E-state index contributed by atoms with van der Waals surface area (Å²) in [4.78, 5) is 14.9. The fourth-order valence-corrected chi connectivity index (χ4v) is 1.99. The number of ether oxygens (including phenoxy) is 1. The third-order valence-electron chi connectivity index (χ3n) is 1.80. The highest BCUT2D eigenvalue weighted by Crippen LogP contribution is 2.22. The molecule has 1 rings (SSSR count). The molecule has 0 aliphatic rings. The van der Waals surface area contributed by atoms with Gasteiger partial charge in [0.15, 0.2) is 0 Å². The second-order valence-electron chi connectivity index (χ2n) is 2.79. The number of rotatable bonds is 5. The third-order valence-corrected chi connectivity index (χ3v) is 2.86. The normalized spacial score (nSPS) is 9.31. The predicted molar refractivity (Wildman–Crippen MR) is 62.5 cm³/mol. The number of nitrogens with zero attached hydrogens (tertiary/aromatic N) is 3. The molecule has 1 aromatic carbocycles. The molecule has 0 saturated heterocycles. The van der Waals surface area contributed by atoms with Crippen molar-refractivity contribution in [1.29, 1.82) is 0 Å². The van der Waals surface area contributed by atoms with E-state index < -0.39 is 0 Å². The van der Waals surface area contributed by atoms with Crippen LogP contribution in [0, 0.1) is 0 Å². The molecule has 0 N–H and O–H groups in total. The van der Waals surface area contributed by atoms with Crippen LogP contribution < -0.4 is 0 Å². The maximum absolute atomic E-state index is 11.4. The number of thioether (sulfide) groups is 1. The molecule has 0 heterocycles. The number of methoxy groups -OCH3 is 1. The van der Waals surface area contributed by atoms with Crippen LogP contribution in [-0.2, 0) is 4.74 Å². The molecule has 5 nitrogen and oxygen atoms in total. The molecule has 0 fully saturated rings. The Morgan fingerprint density at radius 2 is 2.31 bits per heavy atom. The zero-order chi connectivity index (χ0) is 11.8.